The summed E-state index contributed by atoms with van der Waals surface area (Å²) in [7, 11) is 1.28. The molecule has 0 saturated heterocycles. The molecule has 0 heterocycles. The van der Waals surface area contributed by atoms with E-state index in [0.717, 1.165) is 5.56 Å². The summed E-state index contributed by atoms with van der Waals surface area (Å²) in [6.07, 6.45) is 0.338. The highest BCUT2D eigenvalue weighted by molar-refractivity contribution is 5.76. The molecule has 0 radical (unpaired) electrons. The van der Waals surface area contributed by atoms with Crippen LogP contribution < -0.4 is 5.32 Å². The fourth-order valence-corrected chi connectivity index (χ4v) is 1.61. The number of carbonyl (C=O) groups is 1. The van der Waals surface area contributed by atoms with Gasteiger partial charge in [0.1, 0.15) is 6.04 Å². The van der Waals surface area contributed by atoms with E-state index in [1.54, 1.807) is 12.1 Å². The van der Waals surface area contributed by atoms with Crippen molar-refractivity contribution in [2.45, 2.75) is 12.5 Å². The smallest absolute Gasteiger partial charge is 0.323 e. The van der Waals surface area contributed by atoms with Crippen molar-refractivity contribution in [2.24, 2.45) is 0 Å². The number of ether oxygens (including phenoxy) is 1. The number of nitro groups is 1. The minimum absolute atomic E-state index is 0.00156. The van der Waals surface area contributed by atoms with Gasteiger partial charge >= 0.3 is 5.97 Å². The second kappa shape index (κ2) is 7.45. The summed E-state index contributed by atoms with van der Waals surface area (Å²) in [5, 5.41) is 22.1. The molecule has 0 bridgehead atoms. The van der Waals surface area contributed by atoms with E-state index >= 15 is 0 Å². The summed E-state index contributed by atoms with van der Waals surface area (Å²) >= 11 is 0. The Morgan fingerprint density at radius 2 is 2.11 bits per heavy atom. The second-order valence-corrected chi connectivity index (χ2v) is 3.88. The lowest BCUT2D eigenvalue weighted by Gasteiger charge is -2.15. The molecule has 1 aromatic rings. The number of aliphatic hydroxyl groups is 1. The lowest BCUT2D eigenvalue weighted by Crippen LogP contribution is -2.40. The van der Waals surface area contributed by atoms with Gasteiger partial charge in [0.15, 0.2) is 0 Å². The van der Waals surface area contributed by atoms with Gasteiger partial charge < -0.3 is 15.2 Å². The van der Waals surface area contributed by atoms with E-state index in [9.17, 15) is 14.9 Å². The Bertz CT molecular complexity index is 432. The molecule has 1 atom stereocenters. The molecule has 7 heteroatoms. The summed E-state index contributed by atoms with van der Waals surface area (Å²) in [5.41, 5.74) is 0.771. The van der Waals surface area contributed by atoms with E-state index in [0.29, 0.717) is 6.42 Å². The van der Waals surface area contributed by atoms with Gasteiger partial charge in [-0.15, -0.1) is 0 Å². The normalized spacial score (nSPS) is 11.9. The maximum Gasteiger partial charge on any atom is 0.323 e. The minimum Gasteiger partial charge on any atom is -0.468 e. The van der Waals surface area contributed by atoms with Crippen molar-refractivity contribution in [1.29, 1.82) is 0 Å². The van der Waals surface area contributed by atoms with Crippen molar-refractivity contribution in [2.75, 3.05) is 20.3 Å². The van der Waals surface area contributed by atoms with Gasteiger partial charge in [0.2, 0.25) is 0 Å². The molecular formula is C12H16N2O5. The van der Waals surface area contributed by atoms with Crippen LogP contribution in [0.2, 0.25) is 0 Å². The predicted octanol–water partition coefficient (Wildman–Crippen LogP) is 0.261. The summed E-state index contributed by atoms with van der Waals surface area (Å²) in [4.78, 5) is 21.6. The molecule has 104 valence electrons. The van der Waals surface area contributed by atoms with Crippen LogP contribution in [-0.2, 0) is 16.0 Å². The summed E-state index contributed by atoms with van der Waals surface area (Å²) in [6, 6.07) is 5.37. The molecule has 2 N–H and O–H groups in total. The maximum absolute atomic E-state index is 11.5. The highest BCUT2D eigenvalue weighted by Gasteiger charge is 2.19. The molecule has 7 nitrogen and oxygen atoms in total. The molecule has 0 aromatic heterocycles. The van der Waals surface area contributed by atoms with Crippen molar-refractivity contribution < 1.29 is 19.6 Å². The average Bonchev–Trinajstić information content (AvgIpc) is 2.43. The van der Waals surface area contributed by atoms with Crippen molar-refractivity contribution in [3.8, 4) is 0 Å². The highest BCUT2D eigenvalue weighted by atomic mass is 16.6. The molecule has 0 aliphatic heterocycles. The van der Waals surface area contributed by atoms with Crippen molar-refractivity contribution in [3.63, 3.8) is 0 Å². The van der Waals surface area contributed by atoms with Crippen LogP contribution in [0.25, 0.3) is 0 Å². The minimum atomic E-state index is -0.585. The van der Waals surface area contributed by atoms with Crippen LogP contribution in [0, 0.1) is 10.1 Å². The fourth-order valence-electron chi connectivity index (χ4n) is 1.61. The Kier molecular flexibility index (Phi) is 5.91. The third kappa shape index (κ3) is 4.65. The quantitative estimate of drug-likeness (QED) is 0.418. The SMILES string of the molecule is COC(=O)C(Cc1ccc([N+](=O)[O-])cc1)NCCO. The molecule has 0 fully saturated rings. The first-order valence-electron chi connectivity index (χ1n) is 5.74. The number of carbonyl (C=O) groups excluding carboxylic acids is 1. The zero-order valence-electron chi connectivity index (χ0n) is 10.5. The molecule has 1 aromatic carbocycles. The molecule has 1 rings (SSSR count). The van der Waals surface area contributed by atoms with Crippen LogP contribution >= 0.6 is 0 Å². The zero-order chi connectivity index (χ0) is 14.3. The van der Waals surface area contributed by atoms with Gasteiger partial charge in [0.25, 0.3) is 5.69 Å². The van der Waals surface area contributed by atoms with E-state index < -0.39 is 16.9 Å². The van der Waals surface area contributed by atoms with E-state index in [1.807, 2.05) is 0 Å². The van der Waals surface area contributed by atoms with Crippen LogP contribution in [0.1, 0.15) is 5.56 Å². The number of non-ortho nitro benzene ring substituents is 1. The maximum atomic E-state index is 11.5. The highest BCUT2D eigenvalue weighted by Crippen LogP contribution is 2.13. The lowest BCUT2D eigenvalue weighted by molar-refractivity contribution is -0.384. The molecule has 0 aliphatic carbocycles. The zero-order valence-corrected chi connectivity index (χ0v) is 10.5. The van der Waals surface area contributed by atoms with Crippen LogP contribution in [0.15, 0.2) is 24.3 Å². The van der Waals surface area contributed by atoms with Gasteiger partial charge in [-0.3, -0.25) is 14.9 Å². The van der Waals surface area contributed by atoms with E-state index in [2.05, 4.69) is 10.1 Å². The van der Waals surface area contributed by atoms with Crippen LogP contribution in [0.5, 0.6) is 0 Å². The largest absolute Gasteiger partial charge is 0.468 e. The Hall–Kier alpha value is -1.99. The van der Waals surface area contributed by atoms with Crippen LogP contribution in [0.4, 0.5) is 5.69 Å². The van der Waals surface area contributed by atoms with Crippen LogP contribution in [-0.4, -0.2) is 42.3 Å². The number of nitrogens with zero attached hydrogens (tertiary/aromatic N) is 1. The molecule has 1 unspecified atom stereocenters. The summed E-state index contributed by atoms with van der Waals surface area (Å²) in [5.74, 6) is -0.438. The third-order valence-electron chi connectivity index (χ3n) is 2.58. The van der Waals surface area contributed by atoms with Gasteiger partial charge in [0.05, 0.1) is 18.6 Å². The molecule has 0 aliphatic rings. The van der Waals surface area contributed by atoms with Crippen LogP contribution in [0.3, 0.4) is 0 Å². The lowest BCUT2D eigenvalue weighted by atomic mass is 10.1. The molecule has 19 heavy (non-hydrogen) atoms. The Morgan fingerprint density at radius 3 is 2.58 bits per heavy atom. The Morgan fingerprint density at radius 1 is 1.47 bits per heavy atom. The van der Waals surface area contributed by atoms with Gasteiger partial charge in [-0.05, 0) is 12.0 Å². The van der Waals surface area contributed by atoms with Gasteiger partial charge in [-0.2, -0.15) is 0 Å². The number of rotatable bonds is 7. The van der Waals surface area contributed by atoms with Crippen molar-refractivity contribution in [3.05, 3.63) is 39.9 Å². The second-order valence-electron chi connectivity index (χ2n) is 3.88. The van der Waals surface area contributed by atoms with E-state index in [1.165, 1.54) is 19.2 Å². The predicted molar refractivity (Wildman–Crippen MR) is 67.7 cm³/mol. The monoisotopic (exact) mass is 268 g/mol. The Balaban J connectivity index is 2.72. The fraction of sp³-hybridized carbons (Fsp3) is 0.417. The summed E-state index contributed by atoms with van der Waals surface area (Å²) < 4.78 is 4.65. The first kappa shape index (κ1) is 15.1. The first-order chi connectivity index (χ1) is 9.08. The number of benzene rings is 1. The first-order valence-corrected chi connectivity index (χ1v) is 5.74. The van der Waals surface area contributed by atoms with Crippen molar-refractivity contribution >= 4 is 11.7 Å². The van der Waals surface area contributed by atoms with Gasteiger partial charge in [-0.1, -0.05) is 12.1 Å². The third-order valence-corrected chi connectivity index (χ3v) is 2.58. The summed E-state index contributed by atoms with van der Waals surface area (Å²) in [6.45, 7) is 0.181. The number of aliphatic hydroxyl groups excluding tert-OH is 1. The topological polar surface area (TPSA) is 102 Å². The standard InChI is InChI=1S/C12H16N2O5/c1-19-12(16)11(13-6-7-15)8-9-2-4-10(5-3-9)14(17)18/h2-5,11,13,15H,6-8H2,1H3. The number of methoxy groups -OCH3 is 1. The number of nitrogens with one attached hydrogen (secondary N) is 1. The van der Waals surface area contributed by atoms with E-state index in [4.69, 9.17) is 5.11 Å². The number of hydrogen-bond acceptors (Lipinski definition) is 6. The van der Waals surface area contributed by atoms with Gasteiger partial charge in [-0.25, -0.2) is 0 Å². The van der Waals surface area contributed by atoms with Gasteiger partial charge in [0, 0.05) is 18.7 Å². The molecule has 0 saturated carbocycles. The number of hydrogen-bond donors (Lipinski definition) is 2. The van der Waals surface area contributed by atoms with Crippen molar-refractivity contribution in [1.82, 2.24) is 5.32 Å². The number of esters is 1. The molecule has 0 amide bonds. The Labute approximate surface area is 110 Å². The van der Waals surface area contributed by atoms with E-state index in [-0.39, 0.29) is 18.8 Å². The average molecular weight is 268 g/mol. The molecular weight excluding hydrogens is 252 g/mol. The number of nitro benzene ring substituents is 1. The molecule has 0 spiro atoms.